The summed E-state index contributed by atoms with van der Waals surface area (Å²) < 4.78 is 30.7. The Morgan fingerprint density at radius 1 is 1.12 bits per heavy atom. The summed E-state index contributed by atoms with van der Waals surface area (Å²) >= 11 is 1.71. The highest BCUT2D eigenvalue weighted by atomic mass is 32.2. The van der Waals surface area contributed by atoms with Crippen molar-refractivity contribution < 1.29 is 18.7 Å². The molecule has 6 heterocycles. The second-order valence-electron chi connectivity index (χ2n) is 12.2. The molecule has 7 nitrogen and oxygen atoms in total. The average molecular weight is 588 g/mol. The highest BCUT2D eigenvalue weighted by molar-refractivity contribution is 7.98. The zero-order chi connectivity index (χ0) is 28.6. The molecule has 1 aromatic heterocycles. The second-order valence-corrected chi connectivity index (χ2v) is 13.2. The minimum Gasteiger partial charge on any atom is -0.487 e. The Morgan fingerprint density at radius 2 is 2.00 bits per heavy atom. The molecule has 0 saturated carbocycles. The molecule has 5 aliphatic heterocycles. The van der Waals surface area contributed by atoms with Gasteiger partial charge in [0.2, 0.25) is 5.43 Å². The first kappa shape index (κ1) is 26.3. The molecule has 0 aliphatic carbocycles. The van der Waals surface area contributed by atoms with Crippen molar-refractivity contribution in [3.63, 3.8) is 0 Å². The first-order chi connectivity index (χ1) is 20.5. The average Bonchev–Trinajstić information content (AvgIpc) is 3.53. The van der Waals surface area contributed by atoms with Crippen molar-refractivity contribution in [1.82, 2.24) is 9.58 Å². The van der Waals surface area contributed by atoms with E-state index in [1.54, 1.807) is 24.0 Å². The number of carbonyl (C=O) groups excluding carboxylic acids is 1. The van der Waals surface area contributed by atoms with Crippen molar-refractivity contribution in [2.45, 2.75) is 80.0 Å². The summed E-state index contributed by atoms with van der Waals surface area (Å²) in [5.74, 6) is 0.305. The van der Waals surface area contributed by atoms with E-state index >= 15 is 4.39 Å². The molecule has 2 bridgehead atoms. The van der Waals surface area contributed by atoms with Gasteiger partial charge in [0, 0.05) is 40.9 Å². The van der Waals surface area contributed by atoms with Crippen molar-refractivity contribution in [2.24, 2.45) is 5.92 Å². The zero-order valence-corrected chi connectivity index (χ0v) is 24.4. The van der Waals surface area contributed by atoms with Crippen LogP contribution in [-0.4, -0.2) is 46.5 Å². The molecule has 42 heavy (non-hydrogen) atoms. The number of carbonyl (C=O) groups is 1. The third kappa shape index (κ3) is 3.75. The summed E-state index contributed by atoms with van der Waals surface area (Å²) in [6, 6.07) is 14.5. The van der Waals surface area contributed by atoms with Gasteiger partial charge in [-0.1, -0.05) is 43.7 Å². The van der Waals surface area contributed by atoms with Crippen LogP contribution >= 0.6 is 11.8 Å². The Bertz CT molecular complexity index is 1640. The van der Waals surface area contributed by atoms with Gasteiger partial charge in [-0.3, -0.25) is 19.3 Å². The number of pyridine rings is 1. The number of unbranched alkanes of at least 4 members (excludes halogenated alkanes) is 1. The van der Waals surface area contributed by atoms with E-state index in [-0.39, 0.29) is 52.4 Å². The lowest BCUT2D eigenvalue weighted by Crippen LogP contribution is -2.70. The quantitative estimate of drug-likeness (QED) is 0.361. The molecule has 2 aromatic carbocycles. The number of halogens is 1. The van der Waals surface area contributed by atoms with Gasteiger partial charge >= 0.3 is 0 Å². The van der Waals surface area contributed by atoms with E-state index in [1.165, 1.54) is 12.1 Å². The number of thioether (sulfide) groups is 1. The summed E-state index contributed by atoms with van der Waals surface area (Å²) in [6.45, 7) is 2.91. The van der Waals surface area contributed by atoms with Crippen LogP contribution in [0.3, 0.4) is 0 Å². The number of fused-ring (bicyclic) bond motifs is 6. The highest BCUT2D eigenvalue weighted by Gasteiger charge is 2.63. The van der Waals surface area contributed by atoms with Crippen LogP contribution in [0.15, 0.2) is 64.4 Å². The number of piperidine rings is 1. The number of ether oxygens (including phenoxy) is 2. The van der Waals surface area contributed by atoms with E-state index in [4.69, 9.17) is 9.47 Å². The van der Waals surface area contributed by atoms with Crippen molar-refractivity contribution >= 4 is 17.7 Å². The van der Waals surface area contributed by atoms with E-state index in [2.05, 4.69) is 24.1 Å². The molecule has 1 unspecified atom stereocenters. The number of amides is 1. The Balaban J connectivity index is 1.40. The molecule has 218 valence electrons. The lowest BCUT2D eigenvalue weighted by Gasteiger charge is -2.57. The summed E-state index contributed by atoms with van der Waals surface area (Å²) in [5.41, 5.74) is 2.15. The van der Waals surface area contributed by atoms with Gasteiger partial charge in [0.25, 0.3) is 5.91 Å². The minimum absolute atomic E-state index is 0.0595. The maximum Gasteiger partial charge on any atom is 0.278 e. The Morgan fingerprint density at radius 3 is 2.86 bits per heavy atom. The zero-order valence-electron chi connectivity index (χ0n) is 23.6. The molecule has 0 radical (unpaired) electrons. The number of rotatable bonds is 5. The van der Waals surface area contributed by atoms with Crippen LogP contribution in [-0.2, 0) is 10.5 Å². The number of benzene rings is 2. The predicted molar refractivity (Wildman–Crippen MR) is 158 cm³/mol. The van der Waals surface area contributed by atoms with Crippen LogP contribution in [0.25, 0.3) is 0 Å². The fraction of sp³-hybridized carbons (Fsp3) is 0.455. The summed E-state index contributed by atoms with van der Waals surface area (Å²) in [4.78, 5) is 30.7. The molecule has 9 heteroatoms. The third-order valence-corrected chi connectivity index (χ3v) is 11.1. The number of hydrogen-bond acceptors (Lipinski definition) is 6. The van der Waals surface area contributed by atoms with E-state index in [0.717, 1.165) is 54.5 Å². The van der Waals surface area contributed by atoms with Gasteiger partial charge in [-0.15, -0.1) is 11.8 Å². The summed E-state index contributed by atoms with van der Waals surface area (Å²) in [5, 5.41) is 2.19. The van der Waals surface area contributed by atoms with Crippen molar-refractivity contribution in [1.29, 1.82) is 0 Å². The fourth-order valence-corrected chi connectivity index (χ4v) is 9.18. The van der Waals surface area contributed by atoms with Crippen LogP contribution in [0.4, 0.5) is 4.39 Å². The Labute approximate surface area is 248 Å². The van der Waals surface area contributed by atoms with Crippen LogP contribution in [0, 0.1) is 11.7 Å². The van der Waals surface area contributed by atoms with Gasteiger partial charge in [-0.2, -0.15) is 0 Å². The standard InChI is InChI=1S/C33H34FN3O4S/c1-2-3-17-40-30-25(38)12-15-36-29(30)32(39)35-16-14-33-13-11-21(41-33)18-23(33)31(35)37(36)28-22-8-4-5-10-26(22)42-19-20-7-6-9-24(34)27(20)28/h4-10,12,15,21,23,28,31H,2-3,11,13-14,16-19H2,1H3/t21-,23+,28?,31+,33-/m0/s1. The van der Waals surface area contributed by atoms with Crippen LogP contribution in [0.2, 0.25) is 0 Å². The SMILES string of the molecule is CCCCOc1c2n(ccc1=O)N(C1c3ccccc3SCc3cccc(F)c31)[C@@H]1[C@H]3C[C@@H]4CC[C@@]3(CCN1C2=O)O4. The molecule has 1 amide bonds. The van der Waals surface area contributed by atoms with E-state index in [1.807, 2.05) is 27.8 Å². The Kier molecular flexibility index (Phi) is 6.19. The number of nitrogens with zero attached hydrogens (tertiary/aromatic N) is 3. The highest BCUT2D eigenvalue weighted by Crippen LogP contribution is 2.57. The van der Waals surface area contributed by atoms with Crippen LogP contribution in [0.5, 0.6) is 5.75 Å². The predicted octanol–water partition coefficient (Wildman–Crippen LogP) is 5.62. The van der Waals surface area contributed by atoms with E-state index in [9.17, 15) is 9.59 Å². The maximum absolute atomic E-state index is 16.2. The molecular formula is C33H34FN3O4S. The molecule has 3 saturated heterocycles. The lowest BCUT2D eigenvalue weighted by molar-refractivity contribution is -0.0757. The van der Waals surface area contributed by atoms with Gasteiger partial charge in [-0.05, 0) is 55.4 Å². The van der Waals surface area contributed by atoms with E-state index in [0.29, 0.717) is 24.5 Å². The smallest absolute Gasteiger partial charge is 0.278 e. The largest absolute Gasteiger partial charge is 0.487 e. The first-order valence-corrected chi connectivity index (χ1v) is 16.1. The van der Waals surface area contributed by atoms with Gasteiger partial charge in [-0.25, -0.2) is 4.39 Å². The van der Waals surface area contributed by atoms with Crippen LogP contribution < -0.4 is 15.2 Å². The fourth-order valence-electron chi connectivity index (χ4n) is 8.10. The molecule has 1 spiro atoms. The number of hydrogen-bond donors (Lipinski definition) is 0. The van der Waals surface area contributed by atoms with Gasteiger partial charge in [0.15, 0.2) is 11.4 Å². The molecular weight excluding hydrogens is 553 g/mol. The van der Waals surface area contributed by atoms with Crippen molar-refractivity contribution in [3.05, 3.63) is 93.2 Å². The summed E-state index contributed by atoms with van der Waals surface area (Å²) in [7, 11) is 0. The normalized spacial score (nSPS) is 28.9. The molecule has 0 N–H and O–H groups in total. The second kappa shape index (κ2) is 9.88. The minimum atomic E-state index is -0.535. The molecule has 5 aliphatic rings. The topological polar surface area (TPSA) is 64.0 Å². The molecule has 3 fully saturated rings. The first-order valence-electron chi connectivity index (χ1n) is 15.2. The number of aromatic nitrogens is 1. The van der Waals surface area contributed by atoms with Gasteiger partial charge in [0.1, 0.15) is 18.0 Å². The maximum atomic E-state index is 16.2. The van der Waals surface area contributed by atoms with Crippen molar-refractivity contribution in [3.8, 4) is 5.75 Å². The van der Waals surface area contributed by atoms with Crippen molar-refractivity contribution in [2.75, 3.05) is 18.2 Å². The molecule has 3 aromatic rings. The summed E-state index contributed by atoms with van der Waals surface area (Å²) in [6.07, 6.45) is 6.80. The van der Waals surface area contributed by atoms with Gasteiger partial charge in [0.05, 0.1) is 18.3 Å². The van der Waals surface area contributed by atoms with Gasteiger partial charge < -0.3 is 14.4 Å². The lowest BCUT2D eigenvalue weighted by atomic mass is 9.71. The Hall–Kier alpha value is -3.30. The van der Waals surface area contributed by atoms with E-state index < -0.39 is 6.04 Å². The molecule has 5 atom stereocenters. The monoisotopic (exact) mass is 587 g/mol. The van der Waals surface area contributed by atoms with Crippen LogP contribution in [0.1, 0.15) is 78.7 Å². The third-order valence-electron chi connectivity index (χ3n) is 9.98. The molecule has 8 rings (SSSR count).